The maximum Gasteiger partial charge on any atom is 0.472 e. The Morgan fingerprint density at radius 1 is 0.577 bits per heavy atom. The molecule has 0 radical (unpaired) electrons. The van der Waals surface area contributed by atoms with Crippen LogP contribution in [0.5, 0.6) is 0 Å². The summed E-state index contributed by atoms with van der Waals surface area (Å²) in [7, 11) is 1.49. The molecular formula is C42H85NO8P+. The lowest BCUT2D eigenvalue weighted by Crippen LogP contribution is -2.37. The molecule has 0 aromatic carbocycles. The Kier molecular flexibility index (Phi) is 32.7. The Morgan fingerprint density at radius 3 is 1.37 bits per heavy atom. The fourth-order valence-electron chi connectivity index (χ4n) is 6.02. The topological polar surface area (TPSA) is 108 Å². The van der Waals surface area contributed by atoms with Crippen LogP contribution in [0.25, 0.3) is 0 Å². The lowest BCUT2D eigenvalue weighted by molar-refractivity contribution is -0.870. The maximum absolute atomic E-state index is 12.7. The largest absolute Gasteiger partial charge is 0.472 e. The van der Waals surface area contributed by atoms with Crippen LogP contribution in [0.2, 0.25) is 0 Å². The standard InChI is InChI=1S/C42H84NO8P/c1-8-38(3)30-26-22-18-14-10-12-16-20-24-28-32-41(44)48-36-40(37-50-52(46,47)49-35-34-43(5,6)7)51-42(45)33-29-25-21-17-13-11-15-19-23-27-31-39(4)9-2/h38-40H,8-37H2,1-7H3/p+1/t38?,39?,40-/m0/s1. The molecule has 0 fully saturated rings. The maximum atomic E-state index is 12.7. The van der Waals surface area contributed by atoms with Gasteiger partial charge < -0.3 is 18.9 Å². The molecule has 0 amide bonds. The van der Waals surface area contributed by atoms with Gasteiger partial charge in [0.25, 0.3) is 0 Å². The number of hydrogen-bond donors (Lipinski definition) is 1. The van der Waals surface area contributed by atoms with Crippen LogP contribution in [0.15, 0.2) is 0 Å². The number of ether oxygens (including phenoxy) is 2. The third kappa shape index (κ3) is 36.0. The van der Waals surface area contributed by atoms with Crippen LogP contribution in [-0.4, -0.2) is 74.9 Å². The summed E-state index contributed by atoms with van der Waals surface area (Å²) >= 11 is 0. The molecule has 0 aliphatic carbocycles. The predicted octanol–water partition coefficient (Wildman–Crippen LogP) is 11.7. The van der Waals surface area contributed by atoms with Gasteiger partial charge in [-0.05, 0) is 24.7 Å². The Morgan fingerprint density at radius 2 is 0.962 bits per heavy atom. The SMILES string of the molecule is CCC(C)CCCCCCCCCCCCC(=O)OC[C@@H](COP(=O)(O)OCC[N+](C)(C)C)OC(=O)CCCCCCCCCCCCC(C)CC. The van der Waals surface area contributed by atoms with E-state index in [1.165, 1.54) is 116 Å². The summed E-state index contributed by atoms with van der Waals surface area (Å²) in [5.41, 5.74) is 0. The minimum Gasteiger partial charge on any atom is -0.462 e. The minimum atomic E-state index is -4.36. The summed E-state index contributed by atoms with van der Waals surface area (Å²) in [5, 5.41) is 0. The summed E-state index contributed by atoms with van der Waals surface area (Å²) in [5.74, 6) is 0.916. The van der Waals surface area contributed by atoms with E-state index >= 15 is 0 Å². The van der Waals surface area contributed by atoms with Gasteiger partial charge in [-0.1, -0.05) is 169 Å². The quantitative estimate of drug-likeness (QED) is 0.0287. The number of phosphoric ester groups is 1. The zero-order valence-electron chi connectivity index (χ0n) is 35.1. The van der Waals surface area contributed by atoms with Gasteiger partial charge in [-0.25, -0.2) is 4.57 Å². The van der Waals surface area contributed by atoms with Crippen LogP contribution >= 0.6 is 7.82 Å². The molecule has 9 nitrogen and oxygen atoms in total. The Balaban J connectivity index is 4.37. The highest BCUT2D eigenvalue weighted by Crippen LogP contribution is 2.43. The molecule has 0 heterocycles. The van der Waals surface area contributed by atoms with E-state index < -0.39 is 26.5 Å². The first kappa shape index (κ1) is 51.0. The number of rotatable bonds is 38. The fraction of sp³-hybridized carbons (Fsp3) is 0.952. The van der Waals surface area contributed by atoms with Crippen LogP contribution in [0.4, 0.5) is 0 Å². The molecule has 0 saturated heterocycles. The highest BCUT2D eigenvalue weighted by Gasteiger charge is 2.27. The van der Waals surface area contributed by atoms with Gasteiger partial charge in [-0.3, -0.25) is 18.6 Å². The van der Waals surface area contributed by atoms with E-state index in [1.54, 1.807) is 0 Å². The lowest BCUT2D eigenvalue weighted by atomic mass is 9.99. The number of hydrogen-bond acceptors (Lipinski definition) is 7. The number of carbonyl (C=O) groups is 2. The molecule has 10 heteroatoms. The molecule has 0 spiro atoms. The highest BCUT2D eigenvalue weighted by atomic mass is 31.2. The number of unbranched alkanes of at least 4 members (excludes halogenated alkanes) is 18. The van der Waals surface area contributed by atoms with Crippen molar-refractivity contribution in [2.45, 2.75) is 201 Å². The molecule has 1 N–H and O–H groups in total. The third-order valence-electron chi connectivity index (χ3n) is 10.2. The molecule has 0 aromatic heterocycles. The van der Waals surface area contributed by atoms with Crippen LogP contribution < -0.4 is 0 Å². The van der Waals surface area contributed by atoms with E-state index in [2.05, 4.69) is 27.7 Å². The second kappa shape index (κ2) is 33.4. The van der Waals surface area contributed by atoms with Crippen molar-refractivity contribution in [3.8, 4) is 0 Å². The minimum absolute atomic E-state index is 0.0353. The number of quaternary nitrogens is 1. The van der Waals surface area contributed by atoms with E-state index in [0.717, 1.165) is 43.9 Å². The normalized spacial score (nSPS) is 14.8. The number of esters is 2. The van der Waals surface area contributed by atoms with Gasteiger partial charge in [-0.15, -0.1) is 0 Å². The van der Waals surface area contributed by atoms with Crippen LogP contribution in [0, 0.1) is 11.8 Å². The molecule has 0 bridgehead atoms. The van der Waals surface area contributed by atoms with Crippen molar-refractivity contribution in [3.63, 3.8) is 0 Å². The summed E-state index contributed by atoms with van der Waals surface area (Å²) < 4.78 is 34.3. The van der Waals surface area contributed by atoms with Crippen molar-refractivity contribution in [2.24, 2.45) is 11.8 Å². The van der Waals surface area contributed by atoms with Gasteiger partial charge in [0.2, 0.25) is 0 Å². The molecule has 3 unspecified atom stereocenters. The smallest absolute Gasteiger partial charge is 0.462 e. The third-order valence-corrected chi connectivity index (χ3v) is 11.2. The number of likely N-dealkylation sites (N-methyl/N-ethyl adjacent to an activating group) is 1. The van der Waals surface area contributed by atoms with Gasteiger partial charge in [-0.2, -0.15) is 0 Å². The van der Waals surface area contributed by atoms with Crippen LogP contribution in [-0.2, 0) is 32.7 Å². The van der Waals surface area contributed by atoms with E-state index in [0.29, 0.717) is 23.9 Å². The Hall–Kier alpha value is -0.990. The monoisotopic (exact) mass is 763 g/mol. The Labute approximate surface area is 321 Å². The zero-order valence-corrected chi connectivity index (χ0v) is 36.0. The zero-order chi connectivity index (χ0) is 38.9. The van der Waals surface area contributed by atoms with Gasteiger partial charge in [0.05, 0.1) is 27.7 Å². The second-order valence-electron chi connectivity index (χ2n) is 16.6. The van der Waals surface area contributed by atoms with Gasteiger partial charge in [0.15, 0.2) is 6.10 Å². The summed E-state index contributed by atoms with van der Waals surface area (Å²) in [6.45, 7) is 9.15. The first-order valence-electron chi connectivity index (χ1n) is 21.5. The van der Waals surface area contributed by atoms with Gasteiger partial charge in [0, 0.05) is 12.8 Å². The van der Waals surface area contributed by atoms with Crippen molar-refractivity contribution in [2.75, 3.05) is 47.5 Å². The molecule has 0 aliphatic heterocycles. The predicted molar refractivity (Wildman–Crippen MR) is 215 cm³/mol. The molecule has 0 aliphatic rings. The van der Waals surface area contributed by atoms with E-state index in [-0.39, 0.29) is 25.6 Å². The van der Waals surface area contributed by atoms with Gasteiger partial charge in [0.1, 0.15) is 19.8 Å². The summed E-state index contributed by atoms with van der Waals surface area (Å²) in [4.78, 5) is 35.3. The number of phosphoric acid groups is 1. The van der Waals surface area contributed by atoms with Crippen molar-refractivity contribution in [1.82, 2.24) is 0 Å². The molecule has 52 heavy (non-hydrogen) atoms. The van der Waals surface area contributed by atoms with Crippen molar-refractivity contribution in [3.05, 3.63) is 0 Å². The van der Waals surface area contributed by atoms with Gasteiger partial charge >= 0.3 is 19.8 Å². The average molecular weight is 763 g/mol. The van der Waals surface area contributed by atoms with Crippen molar-refractivity contribution < 1.29 is 42.1 Å². The molecule has 0 saturated carbocycles. The number of carbonyl (C=O) groups excluding carboxylic acids is 2. The average Bonchev–Trinajstić information content (AvgIpc) is 3.09. The molecular weight excluding hydrogens is 677 g/mol. The van der Waals surface area contributed by atoms with Crippen LogP contribution in [0.1, 0.15) is 195 Å². The lowest BCUT2D eigenvalue weighted by Gasteiger charge is -2.24. The summed E-state index contributed by atoms with van der Waals surface area (Å²) in [6, 6.07) is 0. The first-order valence-corrected chi connectivity index (χ1v) is 23.0. The van der Waals surface area contributed by atoms with E-state index in [9.17, 15) is 19.0 Å². The Bertz CT molecular complexity index is 896. The molecule has 310 valence electrons. The van der Waals surface area contributed by atoms with Crippen molar-refractivity contribution in [1.29, 1.82) is 0 Å². The fourth-order valence-corrected chi connectivity index (χ4v) is 6.77. The van der Waals surface area contributed by atoms with E-state index in [4.69, 9.17) is 18.5 Å². The molecule has 0 aromatic rings. The molecule has 4 atom stereocenters. The van der Waals surface area contributed by atoms with Crippen molar-refractivity contribution >= 4 is 19.8 Å². The van der Waals surface area contributed by atoms with Crippen LogP contribution in [0.3, 0.4) is 0 Å². The highest BCUT2D eigenvalue weighted by molar-refractivity contribution is 7.47. The second-order valence-corrected chi connectivity index (χ2v) is 18.0. The molecule has 0 rings (SSSR count). The summed E-state index contributed by atoms with van der Waals surface area (Å²) in [6.07, 6.45) is 28.5. The number of nitrogens with zero attached hydrogens (tertiary/aromatic N) is 1. The first-order chi connectivity index (χ1) is 24.8. The van der Waals surface area contributed by atoms with E-state index in [1.807, 2.05) is 21.1 Å².